The number of nitrogens with one attached hydrogen (secondary N) is 1. The SMILES string of the molecule is CCCNC(c1ccc(F)c(F)c1)c1nc(C)c(C)s1. The smallest absolute Gasteiger partial charge is 0.159 e. The number of hydrogen-bond acceptors (Lipinski definition) is 3. The summed E-state index contributed by atoms with van der Waals surface area (Å²) in [5, 5.41) is 4.24. The molecule has 0 saturated carbocycles. The number of rotatable bonds is 5. The third-order valence-electron chi connectivity index (χ3n) is 3.17. The molecule has 0 spiro atoms. The van der Waals surface area contributed by atoms with Gasteiger partial charge in [-0.25, -0.2) is 13.8 Å². The van der Waals surface area contributed by atoms with Crippen LogP contribution in [0.1, 0.15) is 40.5 Å². The van der Waals surface area contributed by atoms with E-state index in [-0.39, 0.29) is 6.04 Å². The van der Waals surface area contributed by atoms with Crippen molar-refractivity contribution in [3.8, 4) is 0 Å². The minimum absolute atomic E-state index is 0.192. The largest absolute Gasteiger partial charge is 0.304 e. The van der Waals surface area contributed by atoms with Crippen LogP contribution in [0.15, 0.2) is 18.2 Å². The van der Waals surface area contributed by atoms with Gasteiger partial charge in [-0.1, -0.05) is 13.0 Å². The molecule has 0 saturated heterocycles. The van der Waals surface area contributed by atoms with E-state index in [1.54, 1.807) is 17.4 Å². The second kappa shape index (κ2) is 6.41. The molecular formula is C15H18F2N2S. The number of aromatic nitrogens is 1. The Bertz CT molecular complexity index is 576. The first-order valence-corrected chi connectivity index (χ1v) is 7.46. The average molecular weight is 296 g/mol. The van der Waals surface area contributed by atoms with Crippen LogP contribution in [0.3, 0.4) is 0 Å². The molecule has 1 aromatic heterocycles. The van der Waals surface area contributed by atoms with Gasteiger partial charge >= 0.3 is 0 Å². The average Bonchev–Trinajstić information content (AvgIpc) is 2.74. The minimum atomic E-state index is -0.825. The summed E-state index contributed by atoms with van der Waals surface area (Å²) in [5.41, 5.74) is 1.68. The van der Waals surface area contributed by atoms with Gasteiger partial charge < -0.3 is 5.32 Å². The molecule has 0 bridgehead atoms. The zero-order valence-electron chi connectivity index (χ0n) is 11.8. The van der Waals surface area contributed by atoms with Gasteiger partial charge in [-0.3, -0.25) is 0 Å². The number of benzene rings is 1. The highest BCUT2D eigenvalue weighted by Gasteiger charge is 2.19. The molecule has 0 radical (unpaired) electrons. The summed E-state index contributed by atoms with van der Waals surface area (Å²) in [4.78, 5) is 5.68. The van der Waals surface area contributed by atoms with Crippen LogP contribution in [0.25, 0.3) is 0 Å². The molecule has 1 unspecified atom stereocenters. The van der Waals surface area contributed by atoms with Gasteiger partial charge in [-0.2, -0.15) is 0 Å². The van der Waals surface area contributed by atoms with E-state index in [1.165, 1.54) is 12.1 Å². The van der Waals surface area contributed by atoms with Crippen molar-refractivity contribution in [2.45, 2.75) is 33.2 Å². The Morgan fingerprint density at radius 3 is 2.55 bits per heavy atom. The van der Waals surface area contributed by atoms with Crippen molar-refractivity contribution in [3.05, 3.63) is 51.0 Å². The zero-order chi connectivity index (χ0) is 14.7. The molecule has 0 aliphatic carbocycles. The molecule has 2 aromatic rings. The summed E-state index contributed by atoms with van der Waals surface area (Å²) < 4.78 is 26.5. The van der Waals surface area contributed by atoms with E-state index >= 15 is 0 Å². The van der Waals surface area contributed by atoms with Crippen LogP contribution in [-0.2, 0) is 0 Å². The van der Waals surface area contributed by atoms with Gasteiger partial charge in [0.05, 0.1) is 11.7 Å². The summed E-state index contributed by atoms with van der Waals surface area (Å²) in [7, 11) is 0. The van der Waals surface area contributed by atoms with E-state index in [0.29, 0.717) is 5.56 Å². The lowest BCUT2D eigenvalue weighted by Gasteiger charge is -2.16. The molecule has 108 valence electrons. The number of halogens is 2. The van der Waals surface area contributed by atoms with Crippen molar-refractivity contribution in [2.75, 3.05) is 6.54 Å². The Morgan fingerprint density at radius 2 is 2.00 bits per heavy atom. The van der Waals surface area contributed by atoms with Crippen LogP contribution in [0.4, 0.5) is 8.78 Å². The van der Waals surface area contributed by atoms with Crippen molar-refractivity contribution >= 4 is 11.3 Å². The maximum Gasteiger partial charge on any atom is 0.159 e. The molecule has 1 N–H and O–H groups in total. The Morgan fingerprint density at radius 1 is 1.25 bits per heavy atom. The molecular weight excluding hydrogens is 278 g/mol. The molecule has 1 aromatic carbocycles. The summed E-state index contributed by atoms with van der Waals surface area (Å²) in [6.45, 7) is 6.82. The van der Waals surface area contributed by atoms with Crippen LogP contribution >= 0.6 is 11.3 Å². The molecule has 0 aliphatic heterocycles. The molecule has 20 heavy (non-hydrogen) atoms. The fraction of sp³-hybridized carbons (Fsp3) is 0.400. The first-order chi connectivity index (χ1) is 9.52. The first-order valence-electron chi connectivity index (χ1n) is 6.65. The van der Waals surface area contributed by atoms with Gasteiger partial charge in [-0.05, 0) is 44.5 Å². The monoisotopic (exact) mass is 296 g/mol. The molecule has 2 rings (SSSR count). The van der Waals surface area contributed by atoms with Crippen LogP contribution in [0.5, 0.6) is 0 Å². The third-order valence-corrected chi connectivity index (χ3v) is 4.31. The lowest BCUT2D eigenvalue weighted by atomic mass is 10.1. The molecule has 0 aliphatic rings. The maximum absolute atomic E-state index is 13.4. The number of nitrogens with zero attached hydrogens (tertiary/aromatic N) is 1. The van der Waals surface area contributed by atoms with E-state index in [1.807, 2.05) is 13.8 Å². The summed E-state index contributed by atoms with van der Waals surface area (Å²) in [6, 6.07) is 3.83. The number of aryl methyl sites for hydroxylation is 2. The van der Waals surface area contributed by atoms with Crippen LogP contribution in [0.2, 0.25) is 0 Å². The highest BCUT2D eigenvalue weighted by atomic mass is 32.1. The van der Waals surface area contributed by atoms with Gasteiger partial charge in [0.15, 0.2) is 11.6 Å². The fourth-order valence-corrected chi connectivity index (χ4v) is 2.98. The van der Waals surface area contributed by atoms with Gasteiger partial charge in [0.1, 0.15) is 5.01 Å². The van der Waals surface area contributed by atoms with E-state index in [2.05, 4.69) is 17.2 Å². The second-order valence-electron chi connectivity index (χ2n) is 4.75. The molecule has 5 heteroatoms. The van der Waals surface area contributed by atoms with Gasteiger partial charge in [-0.15, -0.1) is 11.3 Å². The molecule has 0 fully saturated rings. The van der Waals surface area contributed by atoms with E-state index < -0.39 is 11.6 Å². The summed E-state index contributed by atoms with van der Waals surface area (Å²) >= 11 is 1.59. The Kier molecular flexibility index (Phi) is 4.83. The maximum atomic E-state index is 13.4. The minimum Gasteiger partial charge on any atom is -0.304 e. The van der Waals surface area contributed by atoms with E-state index in [9.17, 15) is 8.78 Å². The molecule has 1 atom stereocenters. The predicted octanol–water partition coefficient (Wildman–Crippen LogP) is 4.13. The molecule has 1 heterocycles. The summed E-state index contributed by atoms with van der Waals surface area (Å²) in [5.74, 6) is -1.65. The Hall–Kier alpha value is -1.33. The van der Waals surface area contributed by atoms with Crippen LogP contribution < -0.4 is 5.32 Å². The van der Waals surface area contributed by atoms with E-state index in [0.717, 1.165) is 28.5 Å². The van der Waals surface area contributed by atoms with Gasteiger partial charge in [0, 0.05) is 4.88 Å². The van der Waals surface area contributed by atoms with Crippen molar-refractivity contribution in [3.63, 3.8) is 0 Å². The Labute approximate surface area is 121 Å². The first kappa shape index (κ1) is 15.1. The Balaban J connectivity index is 2.38. The number of hydrogen-bond donors (Lipinski definition) is 1. The quantitative estimate of drug-likeness (QED) is 0.897. The van der Waals surface area contributed by atoms with Crippen LogP contribution in [0, 0.1) is 25.5 Å². The highest BCUT2D eigenvalue weighted by Crippen LogP contribution is 2.28. The topological polar surface area (TPSA) is 24.9 Å². The molecule has 0 amide bonds. The summed E-state index contributed by atoms with van der Waals surface area (Å²) in [6.07, 6.45) is 0.962. The van der Waals surface area contributed by atoms with Gasteiger partial charge in [0.25, 0.3) is 0 Å². The van der Waals surface area contributed by atoms with E-state index in [4.69, 9.17) is 0 Å². The predicted molar refractivity (Wildman–Crippen MR) is 78.1 cm³/mol. The normalized spacial score (nSPS) is 12.7. The van der Waals surface area contributed by atoms with Crippen molar-refractivity contribution in [1.82, 2.24) is 10.3 Å². The fourth-order valence-electron chi connectivity index (χ4n) is 1.95. The van der Waals surface area contributed by atoms with Crippen molar-refractivity contribution in [2.24, 2.45) is 0 Å². The van der Waals surface area contributed by atoms with Crippen LogP contribution in [-0.4, -0.2) is 11.5 Å². The van der Waals surface area contributed by atoms with Crippen molar-refractivity contribution in [1.29, 1.82) is 0 Å². The lowest BCUT2D eigenvalue weighted by molar-refractivity contribution is 0.503. The third kappa shape index (κ3) is 3.22. The highest BCUT2D eigenvalue weighted by molar-refractivity contribution is 7.11. The van der Waals surface area contributed by atoms with Crippen molar-refractivity contribution < 1.29 is 8.78 Å². The number of thiazole rings is 1. The lowest BCUT2D eigenvalue weighted by Crippen LogP contribution is -2.23. The molecule has 2 nitrogen and oxygen atoms in total. The standard InChI is InChI=1S/C15H18F2N2S/c1-4-7-18-14(15-19-9(2)10(3)20-15)11-5-6-12(16)13(17)8-11/h5-6,8,14,18H,4,7H2,1-3H3. The second-order valence-corrected chi connectivity index (χ2v) is 5.99. The zero-order valence-corrected chi connectivity index (χ0v) is 12.7. The van der Waals surface area contributed by atoms with Gasteiger partial charge in [0.2, 0.25) is 0 Å².